The minimum absolute atomic E-state index is 0.0294. The molecule has 4 aliphatic carbocycles. The van der Waals surface area contributed by atoms with E-state index in [0.717, 1.165) is 31.6 Å². The third kappa shape index (κ3) is 2.43. The molecular weight excluding hydrogens is 260 g/mol. The Balaban J connectivity index is 1.86. The van der Waals surface area contributed by atoms with Crippen molar-refractivity contribution in [2.45, 2.75) is 91.6 Å². The number of carbonyl (C=O) groups is 1. The Morgan fingerprint density at radius 1 is 1.14 bits per heavy atom. The molecule has 0 amide bonds. The summed E-state index contributed by atoms with van der Waals surface area (Å²) < 4.78 is 6.26. The second kappa shape index (κ2) is 4.49. The zero-order valence-electron chi connectivity index (χ0n) is 14.6. The van der Waals surface area contributed by atoms with Gasteiger partial charge in [-0.2, -0.15) is 0 Å². The Labute approximate surface area is 130 Å². The molecule has 4 bridgehead atoms. The average molecular weight is 292 g/mol. The van der Waals surface area contributed by atoms with E-state index in [1.54, 1.807) is 0 Å². The van der Waals surface area contributed by atoms with Crippen molar-refractivity contribution in [1.29, 1.82) is 0 Å². The minimum atomic E-state index is -0.344. The van der Waals surface area contributed by atoms with Crippen molar-refractivity contribution in [3.05, 3.63) is 0 Å². The Bertz CT molecular complexity index is 454. The van der Waals surface area contributed by atoms with Crippen LogP contribution in [0, 0.1) is 22.2 Å². The molecule has 0 saturated heterocycles. The van der Waals surface area contributed by atoms with Crippen LogP contribution in [0.15, 0.2) is 0 Å². The van der Waals surface area contributed by atoms with E-state index in [1.165, 1.54) is 25.7 Å². The van der Waals surface area contributed by atoms with Gasteiger partial charge in [-0.15, -0.1) is 0 Å². The summed E-state index contributed by atoms with van der Waals surface area (Å²) in [6.45, 7) is 10.9. The van der Waals surface area contributed by atoms with Crippen LogP contribution in [0.2, 0.25) is 0 Å². The zero-order chi connectivity index (χ0) is 15.5. The average Bonchev–Trinajstić information content (AvgIpc) is 2.35. The molecule has 2 nitrogen and oxygen atoms in total. The van der Waals surface area contributed by atoms with Crippen molar-refractivity contribution in [3.63, 3.8) is 0 Å². The van der Waals surface area contributed by atoms with Crippen molar-refractivity contribution in [2.24, 2.45) is 22.2 Å². The van der Waals surface area contributed by atoms with Crippen molar-refractivity contribution < 1.29 is 9.53 Å². The van der Waals surface area contributed by atoms with Crippen LogP contribution >= 0.6 is 0 Å². The van der Waals surface area contributed by atoms with Crippen molar-refractivity contribution in [2.75, 3.05) is 0 Å². The fourth-order valence-electron chi connectivity index (χ4n) is 6.03. The molecule has 4 atom stereocenters. The molecule has 4 aliphatic rings. The third-order valence-electron chi connectivity index (χ3n) is 6.91. The lowest BCUT2D eigenvalue weighted by atomic mass is 9.42. The molecule has 4 rings (SSSR count). The van der Waals surface area contributed by atoms with Gasteiger partial charge in [-0.05, 0) is 75.5 Å². The molecule has 21 heavy (non-hydrogen) atoms. The summed E-state index contributed by atoms with van der Waals surface area (Å²) in [5.74, 6) is 0.811. The first-order valence-corrected chi connectivity index (χ1v) is 8.89. The van der Waals surface area contributed by atoms with Gasteiger partial charge >= 0.3 is 5.97 Å². The molecule has 0 aromatic heterocycles. The predicted octanol–water partition coefficient (Wildman–Crippen LogP) is 5.10. The fraction of sp³-hybridized carbons (Fsp3) is 0.947. The number of carbonyl (C=O) groups excluding carboxylic acids is 1. The topological polar surface area (TPSA) is 26.3 Å². The maximum atomic E-state index is 12.7. The van der Waals surface area contributed by atoms with Gasteiger partial charge in [-0.1, -0.05) is 27.2 Å². The van der Waals surface area contributed by atoms with Gasteiger partial charge in [0, 0.05) is 0 Å². The standard InChI is InChI=1S/C19H32O2/c1-6-16(3,4)15(20)21-19-10-14-8-17(5,12-19)11-18(7-2,9-14)13-19/h14H,6-13H2,1-5H3. The van der Waals surface area contributed by atoms with Crippen LogP contribution in [0.25, 0.3) is 0 Å². The molecule has 4 fully saturated rings. The van der Waals surface area contributed by atoms with Crippen LogP contribution in [-0.2, 0) is 9.53 Å². The zero-order valence-corrected chi connectivity index (χ0v) is 14.6. The minimum Gasteiger partial charge on any atom is -0.459 e. The molecule has 4 unspecified atom stereocenters. The first kappa shape index (κ1) is 15.4. The Morgan fingerprint density at radius 2 is 1.86 bits per heavy atom. The van der Waals surface area contributed by atoms with Gasteiger partial charge in [0.25, 0.3) is 0 Å². The number of hydrogen-bond donors (Lipinski definition) is 0. The van der Waals surface area contributed by atoms with Crippen LogP contribution < -0.4 is 0 Å². The highest BCUT2D eigenvalue weighted by atomic mass is 16.6. The van der Waals surface area contributed by atoms with Crippen molar-refractivity contribution >= 4 is 5.97 Å². The largest absolute Gasteiger partial charge is 0.459 e. The molecule has 0 aromatic carbocycles. The normalized spacial score (nSPS) is 44.9. The summed E-state index contributed by atoms with van der Waals surface area (Å²) in [6, 6.07) is 0. The summed E-state index contributed by atoms with van der Waals surface area (Å²) in [7, 11) is 0. The summed E-state index contributed by atoms with van der Waals surface area (Å²) in [5.41, 5.74) is 0.369. The number of hydrogen-bond acceptors (Lipinski definition) is 2. The molecule has 2 heteroatoms. The second-order valence-corrected chi connectivity index (χ2v) is 9.48. The summed E-state index contributed by atoms with van der Waals surface area (Å²) in [4.78, 5) is 12.7. The van der Waals surface area contributed by atoms with E-state index < -0.39 is 0 Å². The smallest absolute Gasteiger partial charge is 0.312 e. The molecule has 0 heterocycles. The summed E-state index contributed by atoms with van der Waals surface area (Å²) in [6.07, 6.45) is 9.51. The predicted molar refractivity (Wildman–Crippen MR) is 84.9 cm³/mol. The molecule has 0 N–H and O–H groups in total. The Hall–Kier alpha value is -0.530. The van der Waals surface area contributed by atoms with E-state index in [9.17, 15) is 4.79 Å². The van der Waals surface area contributed by atoms with Crippen LogP contribution in [-0.4, -0.2) is 11.6 Å². The second-order valence-electron chi connectivity index (χ2n) is 9.48. The van der Waals surface area contributed by atoms with Crippen LogP contribution in [0.4, 0.5) is 0 Å². The summed E-state index contributed by atoms with van der Waals surface area (Å²) >= 11 is 0. The molecule has 0 spiro atoms. The third-order valence-corrected chi connectivity index (χ3v) is 6.91. The Kier molecular flexibility index (Phi) is 3.28. The summed E-state index contributed by atoms with van der Waals surface area (Å²) in [5, 5.41) is 0. The quantitative estimate of drug-likeness (QED) is 0.673. The SMILES string of the molecule is CCC12CC3CC(C)(C1)CC(OC(=O)C(C)(C)CC)(C3)C2. The van der Waals surface area contributed by atoms with Gasteiger partial charge < -0.3 is 4.74 Å². The molecule has 0 aromatic rings. The van der Waals surface area contributed by atoms with Gasteiger partial charge in [-0.3, -0.25) is 4.79 Å². The van der Waals surface area contributed by atoms with Gasteiger partial charge in [0.05, 0.1) is 5.41 Å². The van der Waals surface area contributed by atoms with Gasteiger partial charge in [0.1, 0.15) is 5.60 Å². The van der Waals surface area contributed by atoms with Gasteiger partial charge in [-0.25, -0.2) is 0 Å². The molecule has 4 saturated carbocycles. The van der Waals surface area contributed by atoms with Crippen molar-refractivity contribution in [1.82, 2.24) is 0 Å². The van der Waals surface area contributed by atoms with Crippen LogP contribution in [0.5, 0.6) is 0 Å². The van der Waals surface area contributed by atoms with E-state index in [-0.39, 0.29) is 17.0 Å². The monoisotopic (exact) mass is 292 g/mol. The van der Waals surface area contributed by atoms with E-state index in [2.05, 4.69) is 20.8 Å². The van der Waals surface area contributed by atoms with Gasteiger partial charge in [0.15, 0.2) is 0 Å². The first-order chi connectivity index (χ1) is 9.66. The number of esters is 1. The molecule has 0 aliphatic heterocycles. The lowest BCUT2D eigenvalue weighted by Crippen LogP contribution is -2.61. The highest BCUT2D eigenvalue weighted by Gasteiger charge is 2.63. The fourth-order valence-corrected chi connectivity index (χ4v) is 6.03. The number of ether oxygens (including phenoxy) is 1. The van der Waals surface area contributed by atoms with Crippen LogP contribution in [0.1, 0.15) is 86.0 Å². The van der Waals surface area contributed by atoms with E-state index in [1.807, 2.05) is 13.8 Å². The van der Waals surface area contributed by atoms with E-state index in [4.69, 9.17) is 4.74 Å². The van der Waals surface area contributed by atoms with Crippen molar-refractivity contribution in [3.8, 4) is 0 Å². The van der Waals surface area contributed by atoms with E-state index >= 15 is 0 Å². The Morgan fingerprint density at radius 3 is 2.43 bits per heavy atom. The highest BCUT2D eigenvalue weighted by Crippen LogP contribution is 2.68. The van der Waals surface area contributed by atoms with Gasteiger partial charge in [0.2, 0.25) is 0 Å². The first-order valence-electron chi connectivity index (χ1n) is 8.89. The highest BCUT2D eigenvalue weighted by molar-refractivity contribution is 5.76. The molecule has 120 valence electrons. The maximum Gasteiger partial charge on any atom is 0.312 e. The maximum absolute atomic E-state index is 12.7. The lowest BCUT2D eigenvalue weighted by Gasteiger charge is -2.65. The van der Waals surface area contributed by atoms with E-state index in [0.29, 0.717) is 10.8 Å². The molecular formula is C19H32O2. The lowest BCUT2D eigenvalue weighted by molar-refractivity contribution is -0.225. The van der Waals surface area contributed by atoms with Crippen LogP contribution in [0.3, 0.4) is 0 Å². The molecule has 0 radical (unpaired) electrons. The number of rotatable bonds is 4.